The van der Waals surface area contributed by atoms with E-state index in [2.05, 4.69) is 5.32 Å². The maximum absolute atomic E-state index is 12.3. The zero-order valence-electron chi connectivity index (χ0n) is 12.1. The molecule has 0 aromatic carbocycles. The minimum atomic E-state index is -0.902. The topological polar surface area (TPSA) is 69.6 Å². The second kappa shape index (κ2) is 7.62. The highest BCUT2D eigenvalue weighted by atomic mass is 16.4. The molecule has 1 amide bonds. The quantitative estimate of drug-likeness (QED) is 0.779. The Kier molecular flexibility index (Phi) is 5.83. The molecule has 5 heteroatoms. The summed E-state index contributed by atoms with van der Waals surface area (Å²) in [6, 6.07) is 0.584. The number of amides is 1. The molecule has 1 aliphatic carbocycles. The molecule has 1 heterocycles. The van der Waals surface area contributed by atoms with E-state index < -0.39 is 5.97 Å². The van der Waals surface area contributed by atoms with E-state index in [9.17, 15) is 9.59 Å². The number of aliphatic carboxylic acids is 1. The van der Waals surface area contributed by atoms with Crippen molar-refractivity contribution in [2.75, 3.05) is 13.1 Å². The van der Waals surface area contributed by atoms with E-state index >= 15 is 0 Å². The van der Waals surface area contributed by atoms with Crippen molar-refractivity contribution >= 4 is 11.9 Å². The number of hydrogen-bond donors (Lipinski definition) is 2. The Bertz CT molecular complexity index is 334. The van der Waals surface area contributed by atoms with Crippen LogP contribution in [0.5, 0.6) is 0 Å². The van der Waals surface area contributed by atoms with E-state index in [1.165, 1.54) is 12.8 Å². The Morgan fingerprint density at radius 3 is 2.40 bits per heavy atom. The summed E-state index contributed by atoms with van der Waals surface area (Å²) in [6.45, 7) is 0.905. The molecule has 0 radical (unpaired) electrons. The first kappa shape index (κ1) is 15.3. The molecule has 1 saturated heterocycles. The van der Waals surface area contributed by atoms with Gasteiger partial charge in [-0.15, -0.1) is 0 Å². The highest BCUT2D eigenvalue weighted by Crippen LogP contribution is 2.24. The molecule has 0 bridgehead atoms. The van der Waals surface area contributed by atoms with Crippen LogP contribution in [0.1, 0.15) is 57.8 Å². The van der Waals surface area contributed by atoms with Crippen LogP contribution in [0, 0.1) is 0 Å². The van der Waals surface area contributed by atoms with Crippen molar-refractivity contribution in [3.05, 3.63) is 0 Å². The first-order valence-corrected chi connectivity index (χ1v) is 7.91. The number of nitrogens with one attached hydrogen (secondary N) is 1. The fraction of sp³-hybridized carbons (Fsp3) is 0.867. The van der Waals surface area contributed by atoms with E-state index in [-0.39, 0.29) is 18.5 Å². The van der Waals surface area contributed by atoms with Crippen molar-refractivity contribution in [2.45, 2.75) is 69.9 Å². The Hall–Kier alpha value is -1.10. The molecule has 5 nitrogen and oxygen atoms in total. The maximum Gasteiger partial charge on any atom is 0.323 e. The van der Waals surface area contributed by atoms with E-state index in [1.807, 2.05) is 0 Å². The van der Waals surface area contributed by atoms with Crippen molar-refractivity contribution in [3.8, 4) is 0 Å². The molecule has 1 atom stereocenters. The minimum Gasteiger partial charge on any atom is -0.480 e. The lowest BCUT2D eigenvalue weighted by Crippen LogP contribution is -2.43. The molecule has 1 aliphatic heterocycles. The molecule has 0 spiro atoms. The third-order valence-electron chi connectivity index (χ3n) is 4.51. The third-order valence-corrected chi connectivity index (χ3v) is 4.51. The van der Waals surface area contributed by atoms with Gasteiger partial charge in [0.05, 0.1) is 0 Å². The van der Waals surface area contributed by atoms with Crippen LogP contribution < -0.4 is 5.32 Å². The van der Waals surface area contributed by atoms with Crippen LogP contribution in [0.3, 0.4) is 0 Å². The maximum atomic E-state index is 12.3. The average molecular weight is 282 g/mol. The normalized spacial score (nSPS) is 23.7. The van der Waals surface area contributed by atoms with Crippen LogP contribution >= 0.6 is 0 Å². The Morgan fingerprint density at radius 2 is 1.80 bits per heavy atom. The van der Waals surface area contributed by atoms with Crippen LogP contribution in [0.25, 0.3) is 0 Å². The van der Waals surface area contributed by atoms with Gasteiger partial charge in [-0.05, 0) is 38.6 Å². The van der Waals surface area contributed by atoms with Gasteiger partial charge in [0.25, 0.3) is 0 Å². The molecule has 2 rings (SSSR count). The number of carboxylic acid groups (broad SMARTS) is 1. The molecule has 0 aromatic heterocycles. The standard InChI is InChI=1S/C15H26N2O3/c18-14(9-8-12-5-3-4-10-16-12)17(11-15(19)20)13-6-1-2-7-13/h12-13,16H,1-11H2,(H,19,20). The van der Waals surface area contributed by atoms with Gasteiger partial charge in [0.2, 0.25) is 5.91 Å². The summed E-state index contributed by atoms with van der Waals surface area (Å²) in [7, 11) is 0. The molecule has 20 heavy (non-hydrogen) atoms. The summed E-state index contributed by atoms with van der Waals surface area (Å²) >= 11 is 0. The first-order chi connectivity index (χ1) is 9.66. The summed E-state index contributed by atoms with van der Waals surface area (Å²) in [5, 5.41) is 12.4. The van der Waals surface area contributed by atoms with E-state index in [4.69, 9.17) is 5.11 Å². The summed E-state index contributed by atoms with van der Waals surface area (Å²) in [5.41, 5.74) is 0. The molecule has 1 unspecified atom stereocenters. The summed E-state index contributed by atoms with van der Waals surface area (Å²) in [6.07, 6.45) is 9.03. The van der Waals surface area contributed by atoms with E-state index in [1.54, 1.807) is 4.90 Å². The molecule has 2 aliphatic rings. The highest BCUT2D eigenvalue weighted by Gasteiger charge is 2.28. The first-order valence-electron chi connectivity index (χ1n) is 7.91. The number of rotatable bonds is 6. The van der Waals surface area contributed by atoms with Gasteiger partial charge in [-0.2, -0.15) is 0 Å². The summed E-state index contributed by atoms with van der Waals surface area (Å²) < 4.78 is 0. The van der Waals surface area contributed by atoms with Crippen LogP contribution in [-0.4, -0.2) is 47.1 Å². The average Bonchev–Trinajstić information content (AvgIpc) is 2.97. The second-order valence-corrected chi connectivity index (χ2v) is 6.04. The number of carbonyl (C=O) groups excluding carboxylic acids is 1. The molecule has 2 fully saturated rings. The minimum absolute atomic E-state index is 0.0201. The molecular weight excluding hydrogens is 256 g/mol. The van der Waals surface area contributed by atoms with E-state index in [0.29, 0.717) is 12.5 Å². The number of hydrogen-bond acceptors (Lipinski definition) is 3. The van der Waals surface area contributed by atoms with Crippen molar-refractivity contribution in [1.82, 2.24) is 10.2 Å². The van der Waals surface area contributed by atoms with Crippen LogP contribution in [0.4, 0.5) is 0 Å². The van der Waals surface area contributed by atoms with Gasteiger partial charge in [0, 0.05) is 18.5 Å². The van der Waals surface area contributed by atoms with Gasteiger partial charge < -0.3 is 15.3 Å². The smallest absolute Gasteiger partial charge is 0.323 e. The van der Waals surface area contributed by atoms with Crippen molar-refractivity contribution in [1.29, 1.82) is 0 Å². The predicted molar refractivity (Wildman–Crippen MR) is 76.5 cm³/mol. The van der Waals surface area contributed by atoms with Gasteiger partial charge in [0.15, 0.2) is 0 Å². The van der Waals surface area contributed by atoms with Gasteiger partial charge in [-0.3, -0.25) is 9.59 Å². The van der Waals surface area contributed by atoms with Gasteiger partial charge >= 0.3 is 5.97 Å². The second-order valence-electron chi connectivity index (χ2n) is 6.04. The highest BCUT2D eigenvalue weighted by molar-refractivity contribution is 5.81. The monoisotopic (exact) mass is 282 g/mol. The summed E-state index contributed by atoms with van der Waals surface area (Å²) in [5.74, 6) is -0.882. The fourth-order valence-corrected chi connectivity index (χ4v) is 3.39. The van der Waals surface area contributed by atoms with Gasteiger partial charge in [-0.25, -0.2) is 0 Å². The SMILES string of the molecule is O=C(O)CN(C(=O)CCC1CCCCN1)C1CCCC1. The summed E-state index contributed by atoms with van der Waals surface area (Å²) in [4.78, 5) is 24.9. The lowest BCUT2D eigenvalue weighted by Gasteiger charge is -2.29. The lowest BCUT2D eigenvalue weighted by molar-refractivity contribution is -0.146. The number of carbonyl (C=O) groups is 2. The molecule has 114 valence electrons. The number of piperidine rings is 1. The zero-order valence-corrected chi connectivity index (χ0v) is 12.1. The Labute approximate surface area is 120 Å². The predicted octanol–water partition coefficient (Wildman–Crippen LogP) is 1.76. The molecule has 1 saturated carbocycles. The molecule has 0 aromatic rings. The number of nitrogens with zero attached hydrogens (tertiary/aromatic N) is 1. The molecule has 2 N–H and O–H groups in total. The Balaban J connectivity index is 1.83. The van der Waals surface area contributed by atoms with Gasteiger partial charge in [0.1, 0.15) is 6.54 Å². The van der Waals surface area contributed by atoms with E-state index in [0.717, 1.165) is 45.1 Å². The Morgan fingerprint density at radius 1 is 1.10 bits per heavy atom. The van der Waals surface area contributed by atoms with Crippen molar-refractivity contribution in [2.24, 2.45) is 0 Å². The molecular formula is C15H26N2O3. The van der Waals surface area contributed by atoms with Crippen molar-refractivity contribution in [3.63, 3.8) is 0 Å². The third kappa shape index (κ3) is 4.47. The zero-order chi connectivity index (χ0) is 14.4. The van der Waals surface area contributed by atoms with Crippen molar-refractivity contribution < 1.29 is 14.7 Å². The van der Waals surface area contributed by atoms with Crippen LogP contribution in [0.2, 0.25) is 0 Å². The fourth-order valence-electron chi connectivity index (χ4n) is 3.39. The van der Waals surface area contributed by atoms with Gasteiger partial charge in [-0.1, -0.05) is 19.3 Å². The largest absolute Gasteiger partial charge is 0.480 e. The van der Waals surface area contributed by atoms with Crippen LogP contribution in [-0.2, 0) is 9.59 Å². The van der Waals surface area contributed by atoms with Crippen LogP contribution in [0.15, 0.2) is 0 Å². The lowest BCUT2D eigenvalue weighted by atomic mass is 10.00. The number of carboxylic acids is 1.